The Kier molecular flexibility index (Phi) is 3.85. The topological polar surface area (TPSA) is 122 Å². The lowest BCUT2D eigenvalue weighted by Crippen LogP contribution is -2.16. The number of aryl methyl sites for hydroxylation is 2. The normalized spacial score (nSPS) is 11.1. The van der Waals surface area contributed by atoms with Gasteiger partial charge in [-0.15, -0.1) is 5.10 Å². The van der Waals surface area contributed by atoms with Crippen molar-refractivity contribution in [2.75, 3.05) is 4.72 Å². The van der Waals surface area contributed by atoms with Crippen LogP contribution in [0.1, 0.15) is 21.7 Å². The van der Waals surface area contributed by atoms with Gasteiger partial charge in [0.15, 0.2) is 0 Å². The van der Waals surface area contributed by atoms with Gasteiger partial charge in [0.1, 0.15) is 0 Å². The molecule has 0 aliphatic heterocycles. The number of aromatic nitrogens is 3. The molecule has 0 amide bonds. The number of nitrogens with zero attached hydrogens (tertiary/aromatic N) is 3. The molecule has 0 atom stereocenters. The lowest BCUT2D eigenvalue weighted by molar-refractivity contribution is 0.0696. The molecule has 0 spiro atoms. The van der Waals surface area contributed by atoms with Crippen molar-refractivity contribution >= 4 is 21.9 Å². The molecule has 0 bridgehead atoms. The number of hydrogen-bond acceptors (Lipinski definition) is 6. The van der Waals surface area contributed by atoms with Crippen LogP contribution >= 0.6 is 0 Å². The van der Waals surface area contributed by atoms with Gasteiger partial charge in [-0.3, -0.25) is 0 Å². The van der Waals surface area contributed by atoms with Crippen LogP contribution in [0.4, 0.5) is 5.95 Å². The zero-order valence-corrected chi connectivity index (χ0v) is 12.0. The Morgan fingerprint density at radius 3 is 2.52 bits per heavy atom. The molecule has 2 aromatic rings. The fourth-order valence-corrected chi connectivity index (χ4v) is 2.46. The van der Waals surface area contributed by atoms with Crippen LogP contribution in [0.3, 0.4) is 0 Å². The van der Waals surface area contributed by atoms with Crippen LogP contribution in [-0.2, 0) is 10.0 Å². The van der Waals surface area contributed by atoms with E-state index >= 15 is 0 Å². The molecule has 0 unspecified atom stereocenters. The number of nitrogens with one attached hydrogen (secondary N) is 1. The number of carbonyl (C=O) groups is 1. The first-order valence-corrected chi connectivity index (χ1v) is 7.32. The van der Waals surface area contributed by atoms with E-state index in [0.29, 0.717) is 11.4 Å². The average molecular weight is 308 g/mol. The van der Waals surface area contributed by atoms with Gasteiger partial charge in [0.25, 0.3) is 16.0 Å². The summed E-state index contributed by atoms with van der Waals surface area (Å²) in [6.07, 6.45) is 0. The van der Waals surface area contributed by atoms with Crippen LogP contribution < -0.4 is 4.72 Å². The van der Waals surface area contributed by atoms with Crippen LogP contribution in [0.2, 0.25) is 0 Å². The van der Waals surface area contributed by atoms with Crippen molar-refractivity contribution in [3.05, 3.63) is 41.2 Å². The van der Waals surface area contributed by atoms with Crippen molar-refractivity contribution in [2.24, 2.45) is 0 Å². The van der Waals surface area contributed by atoms with Crippen molar-refractivity contribution in [1.29, 1.82) is 0 Å². The molecule has 8 nitrogen and oxygen atoms in total. The monoisotopic (exact) mass is 308 g/mol. The van der Waals surface area contributed by atoms with E-state index in [0.717, 1.165) is 6.07 Å². The molecule has 0 saturated carbocycles. The molecule has 110 valence electrons. The molecule has 0 aliphatic rings. The zero-order chi connectivity index (χ0) is 15.6. The van der Waals surface area contributed by atoms with Crippen LogP contribution in [0.5, 0.6) is 0 Å². The first kappa shape index (κ1) is 14.9. The number of hydrogen-bond donors (Lipinski definition) is 2. The number of rotatable bonds is 4. The molecule has 1 aromatic carbocycles. The summed E-state index contributed by atoms with van der Waals surface area (Å²) in [7, 11) is -3.98. The molecular formula is C12H12N4O4S. The maximum absolute atomic E-state index is 12.2. The van der Waals surface area contributed by atoms with Gasteiger partial charge in [0.2, 0.25) is 0 Å². The van der Waals surface area contributed by atoms with Gasteiger partial charge in [-0.2, -0.15) is 5.10 Å². The van der Waals surface area contributed by atoms with Crippen LogP contribution in [0.25, 0.3) is 0 Å². The van der Waals surface area contributed by atoms with Gasteiger partial charge in [0, 0.05) is 0 Å². The summed E-state index contributed by atoms with van der Waals surface area (Å²) in [4.78, 5) is 14.6. The highest BCUT2D eigenvalue weighted by Gasteiger charge is 2.18. The number of benzene rings is 1. The second-order valence-corrected chi connectivity index (χ2v) is 5.93. The van der Waals surface area contributed by atoms with Crippen LogP contribution in [-0.4, -0.2) is 34.7 Å². The summed E-state index contributed by atoms with van der Waals surface area (Å²) in [5, 5.41) is 16.3. The third-order valence-corrected chi connectivity index (χ3v) is 4.03. The Balaban J connectivity index is 2.36. The molecule has 21 heavy (non-hydrogen) atoms. The Bertz CT molecular complexity index is 805. The summed E-state index contributed by atoms with van der Waals surface area (Å²) in [6, 6.07) is 4.98. The quantitative estimate of drug-likeness (QED) is 0.863. The SMILES string of the molecule is Cc1nnc(NS(=O)(=O)c2cccc(C(=O)O)c2)nc1C. The molecule has 2 N–H and O–H groups in total. The Labute approximate surface area is 120 Å². The first-order valence-electron chi connectivity index (χ1n) is 5.84. The summed E-state index contributed by atoms with van der Waals surface area (Å²) >= 11 is 0. The van der Waals surface area contributed by atoms with E-state index in [1.807, 2.05) is 0 Å². The van der Waals surface area contributed by atoms with E-state index in [2.05, 4.69) is 19.9 Å². The highest BCUT2D eigenvalue weighted by molar-refractivity contribution is 7.92. The summed E-state index contributed by atoms with van der Waals surface area (Å²) in [6.45, 7) is 3.37. The van der Waals surface area contributed by atoms with Gasteiger partial charge in [-0.1, -0.05) is 6.07 Å². The first-order chi connectivity index (χ1) is 9.79. The molecule has 1 aromatic heterocycles. The van der Waals surface area contributed by atoms with Crippen LogP contribution in [0, 0.1) is 13.8 Å². The highest BCUT2D eigenvalue weighted by atomic mass is 32.2. The maximum atomic E-state index is 12.2. The van der Waals surface area contributed by atoms with Crippen molar-refractivity contribution in [2.45, 2.75) is 18.7 Å². The molecule has 0 fully saturated rings. The van der Waals surface area contributed by atoms with Crippen molar-refractivity contribution in [3.8, 4) is 0 Å². The predicted molar refractivity (Wildman–Crippen MR) is 73.5 cm³/mol. The van der Waals surface area contributed by atoms with Gasteiger partial charge < -0.3 is 5.11 Å². The minimum Gasteiger partial charge on any atom is -0.478 e. The third kappa shape index (κ3) is 3.31. The van der Waals surface area contributed by atoms with E-state index in [9.17, 15) is 13.2 Å². The molecule has 2 rings (SSSR count). The smallest absolute Gasteiger partial charge is 0.335 e. The van der Waals surface area contributed by atoms with Gasteiger partial charge in [-0.05, 0) is 32.0 Å². The summed E-state index contributed by atoms with van der Waals surface area (Å²) in [5.41, 5.74) is 1.00. The maximum Gasteiger partial charge on any atom is 0.335 e. The largest absolute Gasteiger partial charge is 0.478 e. The van der Waals surface area contributed by atoms with E-state index in [4.69, 9.17) is 5.11 Å². The number of carboxylic acids is 1. The number of anilines is 1. The molecule has 0 radical (unpaired) electrons. The molecule has 0 saturated heterocycles. The van der Waals surface area contributed by atoms with Gasteiger partial charge >= 0.3 is 5.97 Å². The number of carboxylic acid groups (broad SMARTS) is 1. The summed E-state index contributed by atoms with van der Waals surface area (Å²) < 4.78 is 26.5. The van der Waals surface area contributed by atoms with Crippen molar-refractivity contribution in [1.82, 2.24) is 15.2 Å². The second-order valence-electron chi connectivity index (χ2n) is 4.24. The minimum atomic E-state index is -3.98. The summed E-state index contributed by atoms with van der Waals surface area (Å²) in [5.74, 6) is -1.38. The Morgan fingerprint density at radius 2 is 1.90 bits per heavy atom. The second kappa shape index (κ2) is 5.44. The minimum absolute atomic E-state index is 0.128. The number of aromatic carboxylic acids is 1. The molecule has 9 heteroatoms. The van der Waals surface area contributed by atoms with E-state index < -0.39 is 16.0 Å². The lowest BCUT2D eigenvalue weighted by Gasteiger charge is -2.07. The van der Waals surface area contributed by atoms with Gasteiger partial charge in [-0.25, -0.2) is 22.9 Å². The molecular weight excluding hydrogens is 296 g/mol. The fourth-order valence-electron chi connectivity index (χ4n) is 1.48. The molecule has 0 aliphatic carbocycles. The highest BCUT2D eigenvalue weighted by Crippen LogP contribution is 2.15. The fraction of sp³-hybridized carbons (Fsp3) is 0.167. The zero-order valence-electron chi connectivity index (χ0n) is 11.2. The standard InChI is InChI=1S/C12H12N4O4S/c1-7-8(2)14-15-12(13-7)16-21(19,20)10-5-3-4-9(6-10)11(17)18/h3-6H,1-2H3,(H,17,18)(H,13,15,16). The molecule has 1 heterocycles. The van der Waals surface area contributed by atoms with Crippen molar-refractivity contribution in [3.63, 3.8) is 0 Å². The van der Waals surface area contributed by atoms with Crippen molar-refractivity contribution < 1.29 is 18.3 Å². The Hall–Kier alpha value is -2.55. The Morgan fingerprint density at radius 1 is 1.19 bits per heavy atom. The van der Waals surface area contributed by atoms with Gasteiger partial charge in [0.05, 0.1) is 21.8 Å². The lowest BCUT2D eigenvalue weighted by atomic mass is 10.2. The average Bonchev–Trinajstić information content (AvgIpc) is 2.43. The van der Waals surface area contributed by atoms with E-state index in [-0.39, 0.29) is 16.4 Å². The van der Waals surface area contributed by atoms with E-state index in [1.165, 1.54) is 18.2 Å². The van der Waals surface area contributed by atoms with E-state index in [1.54, 1.807) is 13.8 Å². The third-order valence-electron chi connectivity index (χ3n) is 2.71. The predicted octanol–water partition coefficient (Wildman–Crippen LogP) is 0.987. The number of sulfonamides is 1. The van der Waals surface area contributed by atoms with Crippen LogP contribution in [0.15, 0.2) is 29.2 Å².